The van der Waals surface area contributed by atoms with Crippen molar-refractivity contribution in [1.82, 2.24) is 20.8 Å². The van der Waals surface area contributed by atoms with E-state index in [0.29, 0.717) is 42.9 Å². The van der Waals surface area contributed by atoms with Crippen molar-refractivity contribution in [3.8, 4) is 5.75 Å². The van der Waals surface area contributed by atoms with E-state index in [4.69, 9.17) is 9.26 Å². The molecule has 0 aliphatic carbocycles. The Morgan fingerprint density at radius 1 is 1.33 bits per heavy atom. The Balaban J connectivity index is 1.76. The molecule has 0 amide bonds. The summed E-state index contributed by atoms with van der Waals surface area (Å²) in [5.41, 5.74) is 0. The van der Waals surface area contributed by atoms with Crippen LogP contribution < -0.4 is 15.4 Å². The van der Waals surface area contributed by atoms with Gasteiger partial charge in [0.25, 0.3) is 0 Å². The molecule has 0 saturated heterocycles. The summed E-state index contributed by atoms with van der Waals surface area (Å²) >= 11 is 0. The number of rotatable bonds is 9. The van der Waals surface area contributed by atoms with Crippen molar-refractivity contribution in [2.24, 2.45) is 4.99 Å². The van der Waals surface area contributed by atoms with Crippen molar-refractivity contribution in [3.63, 3.8) is 0 Å². The summed E-state index contributed by atoms with van der Waals surface area (Å²) in [6.07, 6.45) is 1.28. The molecule has 2 aromatic rings. The predicted octanol–water partition coefficient (Wildman–Crippen LogP) is 2.90. The average molecular weight is 377 g/mol. The number of hydrogen-bond donors (Lipinski definition) is 2. The fourth-order valence-electron chi connectivity index (χ4n) is 2.33. The zero-order valence-electron chi connectivity index (χ0n) is 16.3. The van der Waals surface area contributed by atoms with Gasteiger partial charge in [0.05, 0.1) is 6.54 Å². The lowest BCUT2D eigenvalue weighted by Gasteiger charge is -2.20. The molecule has 1 atom stereocenters. The highest BCUT2D eigenvalue weighted by atomic mass is 19.1. The van der Waals surface area contributed by atoms with Crippen LogP contribution in [0, 0.1) is 5.82 Å². The second-order valence-electron chi connectivity index (χ2n) is 6.44. The van der Waals surface area contributed by atoms with Crippen LogP contribution in [0.25, 0.3) is 0 Å². The lowest BCUT2D eigenvalue weighted by atomic mass is 10.2. The van der Waals surface area contributed by atoms with E-state index in [1.807, 2.05) is 20.8 Å². The summed E-state index contributed by atoms with van der Waals surface area (Å²) in [5.74, 6) is 2.42. The Morgan fingerprint density at radius 3 is 2.78 bits per heavy atom. The zero-order valence-corrected chi connectivity index (χ0v) is 16.3. The molecule has 1 aromatic heterocycles. The molecule has 0 bridgehead atoms. The van der Waals surface area contributed by atoms with Crippen molar-refractivity contribution in [2.45, 2.75) is 45.6 Å². The van der Waals surface area contributed by atoms with E-state index in [-0.39, 0.29) is 17.8 Å². The predicted molar refractivity (Wildman–Crippen MR) is 103 cm³/mol. The Bertz CT molecular complexity index is 732. The smallest absolute Gasteiger partial charge is 0.228 e. The summed E-state index contributed by atoms with van der Waals surface area (Å²) in [5, 5.41) is 10.4. The van der Waals surface area contributed by atoms with Gasteiger partial charge in [0.15, 0.2) is 11.8 Å². The van der Waals surface area contributed by atoms with Crippen molar-refractivity contribution in [1.29, 1.82) is 0 Å². The molecule has 0 aliphatic heterocycles. The fourth-order valence-corrected chi connectivity index (χ4v) is 2.33. The second-order valence-corrected chi connectivity index (χ2v) is 6.44. The first-order valence-corrected chi connectivity index (χ1v) is 9.21. The zero-order chi connectivity index (χ0) is 19.6. The van der Waals surface area contributed by atoms with Gasteiger partial charge >= 0.3 is 0 Å². The van der Waals surface area contributed by atoms with E-state index >= 15 is 0 Å². The number of nitrogens with zero attached hydrogens (tertiary/aromatic N) is 3. The maximum atomic E-state index is 13.3. The van der Waals surface area contributed by atoms with Crippen molar-refractivity contribution in [3.05, 3.63) is 41.8 Å². The number of guanidine groups is 1. The van der Waals surface area contributed by atoms with Gasteiger partial charge in [-0.3, -0.25) is 4.99 Å². The number of ether oxygens (including phenoxy) is 1. The van der Waals surface area contributed by atoms with Gasteiger partial charge in [-0.2, -0.15) is 4.98 Å². The lowest BCUT2D eigenvalue weighted by Crippen LogP contribution is -2.43. The fraction of sp³-hybridized carbons (Fsp3) is 0.526. The Kier molecular flexibility index (Phi) is 8.03. The first-order valence-electron chi connectivity index (χ1n) is 9.21. The molecule has 0 saturated carbocycles. The van der Waals surface area contributed by atoms with Gasteiger partial charge < -0.3 is 19.9 Å². The highest BCUT2D eigenvalue weighted by Gasteiger charge is 2.11. The second kappa shape index (κ2) is 10.5. The minimum absolute atomic E-state index is 0.102. The summed E-state index contributed by atoms with van der Waals surface area (Å²) in [6, 6.07) is 6.15. The van der Waals surface area contributed by atoms with Crippen LogP contribution in [-0.2, 0) is 6.42 Å². The van der Waals surface area contributed by atoms with Gasteiger partial charge in [0.2, 0.25) is 5.89 Å². The minimum atomic E-state index is -0.311. The van der Waals surface area contributed by atoms with Gasteiger partial charge in [-0.05, 0) is 18.6 Å². The molecule has 2 N–H and O–H groups in total. The van der Waals surface area contributed by atoms with Crippen molar-refractivity contribution >= 4 is 5.96 Å². The highest BCUT2D eigenvalue weighted by molar-refractivity contribution is 5.79. The van der Waals surface area contributed by atoms with Crippen LogP contribution in [0.15, 0.2) is 33.8 Å². The largest absolute Gasteiger partial charge is 0.489 e. The molecule has 1 unspecified atom stereocenters. The van der Waals surface area contributed by atoms with E-state index in [9.17, 15) is 4.39 Å². The van der Waals surface area contributed by atoms with Crippen LogP contribution in [0.5, 0.6) is 5.75 Å². The summed E-state index contributed by atoms with van der Waals surface area (Å²) in [6.45, 7) is 7.22. The topological polar surface area (TPSA) is 84.6 Å². The SMILES string of the molecule is CCC(CNC(=NC)NCCc1nc(C(C)C)no1)Oc1cccc(F)c1. The maximum Gasteiger partial charge on any atom is 0.228 e. The summed E-state index contributed by atoms with van der Waals surface area (Å²) in [7, 11) is 1.70. The first kappa shape index (κ1) is 20.7. The van der Waals surface area contributed by atoms with Gasteiger partial charge in [-0.15, -0.1) is 0 Å². The van der Waals surface area contributed by atoms with Crippen LogP contribution in [0.1, 0.15) is 44.8 Å². The number of aliphatic imine (C=N–C) groups is 1. The molecule has 1 heterocycles. The van der Waals surface area contributed by atoms with Gasteiger partial charge in [0.1, 0.15) is 17.7 Å². The van der Waals surface area contributed by atoms with Crippen LogP contribution in [-0.4, -0.2) is 42.3 Å². The molecule has 0 spiro atoms. The Labute approximate surface area is 159 Å². The van der Waals surface area contributed by atoms with Gasteiger partial charge in [-0.1, -0.05) is 32.0 Å². The normalized spacial score (nSPS) is 12.9. The molecule has 148 valence electrons. The van der Waals surface area contributed by atoms with E-state index < -0.39 is 0 Å². The molecule has 0 fully saturated rings. The van der Waals surface area contributed by atoms with Crippen LogP contribution in [0.2, 0.25) is 0 Å². The van der Waals surface area contributed by atoms with Crippen molar-refractivity contribution in [2.75, 3.05) is 20.1 Å². The number of hydrogen-bond acceptors (Lipinski definition) is 5. The van der Waals surface area contributed by atoms with E-state index in [1.54, 1.807) is 19.2 Å². The average Bonchev–Trinajstić information content (AvgIpc) is 3.12. The molecule has 0 aliphatic rings. The summed E-state index contributed by atoms with van der Waals surface area (Å²) < 4.78 is 24.3. The van der Waals surface area contributed by atoms with Crippen molar-refractivity contribution < 1.29 is 13.7 Å². The van der Waals surface area contributed by atoms with Gasteiger partial charge in [-0.25, -0.2) is 4.39 Å². The molecular formula is C19H28FN5O2. The molecule has 1 aromatic carbocycles. The first-order chi connectivity index (χ1) is 13.0. The molecular weight excluding hydrogens is 349 g/mol. The standard InChI is InChI=1S/C19H28FN5O2/c1-5-15(26-16-8-6-7-14(20)11-16)12-23-19(21-4)22-10-9-17-24-18(13(2)3)25-27-17/h6-8,11,13,15H,5,9-10,12H2,1-4H3,(H2,21,22,23). The third kappa shape index (κ3) is 6.88. The molecule has 2 rings (SSSR count). The highest BCUT2D eigenvalue weighted by Crippen LogP contribution is 2.14. The van der Waals surface area contributed by atoms with Crippen LogP contribution in [0.4, 0.5) is 4.39 Å². The Hall–Kier alpha value is -2.64. The third-order valence-corrected chi connectivity index (χ3v) is 3.91. The number of aromatic nitrogens is 2. The van der Waals surface area contributed by atoms with E-state index in [1.165, 1.54) is 12.1 Å². The van der Waals surface area contributed by atoms with E-state index in [0.717, 1.165) is 6.42 Å². The third-order valence-electron chi connectivity index (χ3n) is 3.91. The molecule has 27 heavy (non-hydrogen) atoms. The minimum Gasteiger partial charge on any atom is -0.489 e. The van der Waals surface area contributed by atoms with Gasteiger partial charge in [0, 0.05) is 32.0 Å². The Morgan fingerprint density at radius 2 is 2.15 bits per heavy atom. The summed E-state index contributed by atoms with van der Waals surface area (Å²) in [4.78, 5) is 8.54. The number of halogens is 1. The number of benzene rings is 1. The maximum absolute atomic E-state index is 13.3. The van der Waals surface area contributed by atoms with E-state index in [2.05, 4.69) is 25.8 Å². The molecule has 0 radical (unpaired) electrons. The monoisotopic (exact) mass is 377 g/mol. The number of nitrogens with one attached hydrogen (secondary N) is 2. The molecule has 7 nitrogen and oxygen atoms in total. The molecule has 8 heteroatoms. The quantitative estimate of drug-likeness (QED) is 0.516. The lowest BCUT2D eigenvalue weighted by molar-refractivity contribution is 0.199. The van der Waals surface area contributed by atoms with Crippen LogP contribution in [0.3, 0.4) is 0 Å². The van der Waals surface area contributed by atoms with Crippen LogP contribution >= 0.6 is 0 Å².